The molecule has 0 unspecified atom stereocenters. The van der Waals surface area contributed by atoms with E-state index in [4.69, 9.17) is 4.74 Å². The van der Waals surface area contributed by atoms with Gasteiger partial charge in [-0.05, 0) is 45.0 Å². The second-order valence-corrected chi connectivity index (χ2v) is 6.79. The molecule has 1 aliphatic rings. The molecular formula is C17H21N3O2S. The number of nitrogens with zero attached hydrogens (tertiary/aromatic N) is 1. The van der Waals surface area contributed by atoms with Gasteiger partial charge in [-0.15, -0.1) is 11.3 Å². The van der Waals surface area contributed by atoms with Crippen LogP contribution in [0.3, 0.4) is 0 Å². The molecule has 0 aliphatic carbocycles. The molecule has 3 rings (SSSR count). The third-order valence-electron chi connectivity index (χ3n) is 4.27. The Morgan fingerprint density at radius 1 is 1.30 bits per heavy atom. The summed E-state index contributed by atoms with van der Waals surface area (Å²) in [4.78, 5) is 17.1. The standard InChI is InChI=1S/C17H21N3O2S/c1-12-19-15(11-23-12)13-3-5-14(6-4-13)20-16(21)17(22-2)7-9-18-10-8-17/h3-6,11,18H,7-10H2,1-2H3,(H,20,21). The summed E-state index contributed by atoms with van der Waals surface area (Å²) in [5.74, 6) is -0.0706. The number of benzene rings is 1. The molecule has 1 aromatic carbocycles. The van der Waals surface area contributed by atoms with Gasteiger partial charge in [-0.25, -0.2) is 4.98 Å². The zero-order valence-electron chi connectivity index (χ0n) is 13.4. The van der Waals surface area contributed by atoms with Gasteiger partial charge in [0.05, 0.1) is 10.7 Å². The third kappa shape index (κ3) is 3.44. The summed E-state index contributed by atoms with van der Waals surface area (Å²) < 4.78 is 5.55. The largest absolute Gasteiger partial charge is 0.368 e. The molecule has 6 heteroatoms. The Morgan fingerprint density at radius 3 is 2.57 bits per heavy atom. The normalized spacial score (nSPS) is 17.0. The first-order chi connectivity index (χ1) is 11.1. The van der Waals surface area contributed by atoms with Gasteiger partial charge < -0.3 is 15.4 Å². The summed E-state index contributed by atoms with van der Waals surface area (Å²) in [6.45, 7) is 3.58. The van der Waals surface area contributed by atoms with E-state index in [-0.39, 0.29) is 5.91 Å². The van der Waals surface area contributed by atoms with Crippen molar-refractivity contribution < 1.29 is 9.53 Å². The molecule has 0 spiro atoms. The zero-order valence-corrected chi connectivity index (χ0v) is 14.2. The number of nitrogens with one attached hydrogen (secondary N) is 2. The van der Waals surface area contributed by atoms with E-state index in [1.165, 1.54) is 0 Å². The SMILES string of the molecule is COC1(C(=O)Nc2ccc(-c3csc(C)n3)cc2)CCNCC1. The molecule has 0 saturated carbocycles. The Bertz CT molecular complexity index is 675. The number of rotatable bonds is 4. The number of aryl methyl sites for hydroxylation is 1. The molecule has 0 bridgehead atoms. The minimum atomic E-state index is -0.726. The highest BCUT2D eigenvalue weighted by Crippen LogP contribution is 2.26. The summed E-state index contributed by atoms with van der Waals surface area (Å²) >= 11 is 1.63. The van der Waals surface area contributed by atoms with Crippen LogP contribution in [0.15, 0.2) is 29.6 Å². The fourth-order valence-electron chi connectivity index (χ4n) is 2.82. The molecule has 2 heterocycles. The number of hydrogen-bond donors (Lipinski definition) is 2. The highest BCUT2D eigenvalue weighted by atomic mass is 32.1. The number of carbonyl (C=O) groups excluding carboxylic acids is 1. The van der Waals surface area contributed by atoms with Crippen molar-refractivity contribution in [2.75, 3.05) is 25.5 Å². The van der Waals surface area contributed by atoms with Crippen molar-refractivity contribution in [3.8, 4) is 11.3 Å². The van der Waals surface area contributed by atoms with E-state index in [9.17, 15) is 4.79 Å². The topological polar surface area (TPSA) is 63.2 Å². The molecule has 0 atom stereocenters. The number of aromatic nitrogens is 1. The highest BCUT2D eigenvalue weighted by Gasteiger charge is 2.39. The molecular weight excluding hydrogens is 310 g/mol. The monoisotopic (exact) mass is 331 g/mol. The zero-order chi connectivity index (χ0) is 16.3. The van der Waals surface area contributed by atoms with E-state index in [0.717, 1.165) is 35.0 Å². The van der Waals surface area contributed by atoms with Crippen molar-refractivity contribution in [2.45, 2.75) is 25.4 Å². The Kier molecular flexibility index (Phi) is 4.75. The maximum Gasteiger partial charge on any atom is 0.256 e. The Labute approximate surface area is 140 Å². The summed E-state index contributed by atoms with van der Waals surface area (Å²) in [5.41, 5.74) is 2.07. The Hall–Kier alpha value is -1.76. The summed E-state index contributed by atoms with van der Waals surface area (Å²) in [7, 11) is 1.61. The lowest BCUT2D eigenvalue weighted by Crippen LogP contribution is -2.51. The van der Waals surface area contributed by atoms with Crippen molar-refractivity contribution in [2.24, 2.45) is 0 Å². The van der Waals surface area contributed by atoms with Gasteiger partial charge in [0.25, 0.3) is 5.91 Å². The summed E-state index contributed by atoms with van der Waals surface area (Å²) in [6, 6.07) is 7.77. The Balaban J connectivity index is 1.71. The number of hydrogen-bond acceptors (Lipinski definition) is 5. The average molecular weight is 331 g/mol. The number of thiazole rings is 1. The minimum Gasteiger partial charge on any atom is -0.368 e. The molecule has 2 aromatic rings. The maximum atomic E-state index is 12.6. The van der Waals surface area contributed by atoms with Crippen LogP contribution in [-0.2, 0) is 9.53 Å². The van der Waals surface area contributed by atoms with Gasteiger partial charge in [0.1, 0.15) is 5.60 Å². The summed E-state index contributed by atoms with van der Waals surface area (Å²) in [6.07, 6.45) is 1.37. The predicted octanol–water partition coefficient (Wildman–Crippen LogP) is 2.83. The molecule has 23 heavy (non-hydrogen) atoms. The van der Waals surface area contributed by atoms with Gasteiger partial charge in [0.15, 0.2) is 0 Å². The first-order valence-electron chi connectivity index (χ1n) is 7.73. The Morgan fingerprint density at radius 2 is 2.00 bits per heavy atom. The van der Waals surface area contributed by atoms with Crippen LogP contribution in [0.25, 0.3) is 11.3 Å². The quantitative estimate of drug-likeness (QED) is 0.904. The lowest BCUT2D eigenvalue weighted by molar-refractivity contribution is -0.140. The van der Waals surface area contributed by atoms with Crippen molar-refractivity contribution in [1.29, 1.82) is 0 Å². The van der Waals surface area contributed by atoms with Gasteiger partial charge in [0, 0.05) is 23.7 Å². The van der Waals surface area contributed by atoms with E-state index >= 15 is 0 Å². The second-order valence-electron chi connectivity index (χ2n) is 5.73. The van der Waals surface area contributed by atoms with Gasteiger partial charge in [-0.3, -0.25) is 4.79 Å². The lowest BCUT2D eigenvalue weighted by atomic mass is 9.91. The van der Waals surface area contributed by atoms with E-state index in [0.29, 0.717) is 12.8 Å². The number of ether oxygens (including phenoxy) is 1. The van der Waals surface area contributed by atoms with E-state index in [1.54, 1.807) is 18.4 Å². The summed E-state index contributed by atoms with van der Waals surface area (Å²) in [5, 5.41) is 9.32. The molecule has 1 aromatic heterocycles. The van der Waals surface area contributed by atoms with Crippen LogP contribution < -0.4 is 10.6 Å². The fourth-order valence-corrected chi connectivity index (χ4v) is 3.44. The van der Waals surface area contributed by atoms with E-state index < -0.39 is 5.60 Å². The second kappa shape index (κ2) is 6.78. The van der Waals surface area contributed by atoms with Crippen molar-refractivity contribution in [3.05, 3.63) is 34.7 Å². The van der Waals surface area contributed by atoms with Crippen LogP contribution in [0, 0.1) is 6.92 Å². The van der Waals surface area contributed by atoms with Crippen molar-refractivity contribution in [3.63, 3.8) is 0 Å². The molecule has 1 saturated heterocycles. The van der Waals surface area contributed by atoms with E-state index in [2.05, 4.69) is 15.6 Å². The van der Waals surface area contributed by atoms with Crippen LogP contribution >= 0.6 is 11.3 Å². The predicted molar refractivity (Wildman–Crippen MR) is 92.8 cm³/mol. The van der Waals surface area contributed by atoms with E-state index in [1.807, 2.05) is 36.6 Å². The molecule has 1 fully saturated rings. The third-order valence-corrected chi connectivity index (χ3v) is 5.05. The first-order valence-corrected chi connectivity index (χ1v) is 8.61. The number of carbonyl (C=O) groups is 1. The van der Waals surface area contributed by atoms with Gasteiger partial charge in [0.2, 0.25) is 0 Å². The molecule has 1 aliphatic heterocycles. The van der Waals surface area contributed by atoms with Gasteiger partial charge in [-0.1, -0.05) is 12.1 Å². The van der Waals surface area contributed by atoms with Crippen LogP contribution in [0.1, 0.15) is 17.8 Å². The smallest absolute Gasteiger partial charge is 0.256 e. The van der Waals surface area contributed by atoms with Gasteiger partial charge >= 0.3 is 0 Å². The lowest BCUT2D eigenvalue weighted by Gasteiger charge is -2.34. The molecule has 5 nitrogen and oxygen atoms in total. The van der Waals surface area contributed by atoms with Gasteiger partial charge in [-0.2, -0.15) is 0 Å². The number of anilines is 1. The van der Waals surface area contributed by atoms with Crippen LogP contribution in [0.5, 0.6) is 0 Å². The number of piperidine rings is 1. The number of methoxy groups -OCH3 is 1. The molecule has 122 valence electrons. The van der Waals surface area contributed by atoms with Crippen LogP contribution in [0.4, 0.5) is 5.69 Å². The first kappa shape index (κ1) is 16.1. The van der Waals surface area contributed by atoms with Crippen LogP contribution in [-0.4, -0.2) is 36.7 Å². The van der Waals surface area contributed by atoms with Crippen LogP contribution in [0.2, 0.25) is 0 Å². The minimum absolute atomic E-state index is 0.0706. The number of amides is 1. The van der Waals surface area contributed by atoms with Crippen molar-refractivity contribution in [1.82, 2.24) is 10.3 Å². The van der Waals surface area contributed by atoms with Crippen molar-refractivity contribution >= 4 is 22.9 Å². The highest BCUT2D eigenvalue weighted by molar-refractivity contribution is 7.09. The molecule has 2 N–H and O–H groups in total. The fraction of sp³-hybridized carbons (Fsp3) is 0.412. The molecule has 1 amide bonds. The maximum absolute atomic E-state index is 12.6. The average Bonchev–Trinajstić information content (AvgIpc) is 3.02. The molecule has 0 radical (unpaired) electrons.